The van der Waals surface area contributed by atoms with Crippen LogP contribution in [0.1, 0.15) is 17.2 Å². The Kier molecular flexibility index (Phi) is 4.75. The highest BCUT2D eigenvalue weighted by molar-refractivity contribution is 6.51. The van der Waals surface area contributed by atoms with Gasteiger partial charge in [-0.2, -0.15) is 0 Å². The zero-order chi connectivity index (χ0) is 22.4. The number of benzene rings is 3. The van der Waals surface area contributed by atoms with Gasteiger partial charge in [0.05, 0.1) is 22.6 Å². The van der Waals surface area contributed by atoms with Crippen molar-refractivity contribution in [2.75, 3.05) is 4.90 Å². The summed E-state index contributed by atoms with van der Waals surface area (Å²) in [6, 6.07) is 17.8. The molecular weight excluding hydrogens is 433 g/mol. The lowest BCUT2D eigenvalue weighted by Crippen LogP contribution is -2.30. The number of hydrogen-bond acceptors (Lipinski definition) is 4. The molecule has 8 heteroatoms. The minimum Gasteiger partial charge on any atom is -0.507 e. The number of H-pyrrole nitrogens is 1. The van der Waals surface area contributed by atoms with Gasteiger partial charge in [-0.3, -0.25) is 14.5 Å². The van der Waals surface area contributed by atoms with E-state index in [4.69, 9.17) is 11.6 Å². The second-order valence-corrected chi connectivity index (χ2v) is 7.74. The van der Waals surface area contributed by atoms with Gasteiger partial charge >= 0.3 is 5.91 Å². The maximum atomic E-state index is 13.6. The second kappa shape index (κ2) is 7.62. The lowest BCUT2D eigenvalue weighted by atomic mass is 9.95. The number of Topliss-reactive ketones (excluding diaryl/α,β-unsaturated/α-hetero) is 1. The molecule has 6 nitrogen and oxygen atoms in total. The molecule has 32 heavy (non-hydrogen) atoms. The highest BCUT2D eigenvalue weighted by atomic mass is 35.5. The van der Waals surface area contributed by atoms with Gasteiger partial charge in [0.2, 0.25) is 5.95 Å². The Morgan fingerprint density at radius 1 is 1.00 bits per heavy atom. The fourth-order valence-electron chi connectivity index (χ4n) is 3.83. The van der Waals surface area contributed by atoms with E-state index >= 15 is 0 Å². The fourth-order valence-corrected chi connectivity index (χ4v) is 3.95. The predicted octanol–water partition coefficient (Wildman–Crippen LogP) is 4.98. The monoisotopic (exact) mass is 447 g/mol. The zero-order valence-electron chi connectivity index (χ0n) is 16.4. The first-order valence-corrected chi connectivity index (χ1v) is 10.1. The smallest absolute Gasteiger partial charge is 0.302 e. The van der Waals surface area contributed by atoms with E-state index in [0.29, 0.717) is 27.2 Å². The van der Waals surface area contributed by atoms with E-state index in [1.54, 1.807) is 42.5 Å². The van der Waals surface area contributed by atoms with E-state index in [0.717, 1.165) is 0 Å². The number of imidazole rings is 1. The SMILES string of the molecule is O=C1C(=O)N(c2nc3ccccc3[nH]2)C(c2ccc(F)cc2)/C1=C(\O)c1ccc(Cl)cc1. The first kappa shape index (κ1) is 20.0. The molecule has 1 unspecified atom stereocenters. The summed E-state index contributed by atoms with van der Waals surface area (Å²) < 4.78 is 13.6. The van der Waals surface area contributed by atoms with Gasteiger partial charge in [0.25, 0.3) is 5.78 Å². The molecule has 2 N–H and O–H groups in total. The topological polar surface area (TPSA) is 86.3 Å². The molecule has 1 aromatic heterocycles. The van der Waals surface area contributed by atoms with Crippen LogP contribution in [0.25, 0.3) is 16.8 Å². The molecule has 3 aromatic carbocycles. The molecule has 1 amide bonds. The van der Waals surface area contributed by atoms with Gasteiger partial charge in [0, 0.05) is 10.6 Å². The Labute approximate surface area is 186 Å². The van der Waals surface area contributed by atoms with Gasteiger partial charge in [0.1, 0.15) is 11.6 Å². The summed E-state index contributed by atoms with van der Waals surface area (Å²) in [6.45, 7) is 0. The van der Waals surface area contributed by atoms with Crippen molar-refractivity contribution < 1.29 is 19.1 Å². The molecule has 4 aromatic rings. The van der Waals surface area contributed by atoms with Crippen molar-refractivity contribution in [1.29, 1.82) is 0 Å². The maximum Gasteiger partial charge on any atom is 0.302 e. The Balaban J connectivity index is 1.73. The van der Waals surface area contributed by atoms with E-state index in [1.807, 2.05) is 6.07 Å². The predicted molar refractivity (Wildman–Crippen MR) is 119 cm³/mol. The van der Waals surface area contributed by atoms with Crippen molar-refractivity contribution in [3.63, 3.8) is 0 Å². The van der Waals surface area contributed by atoms with Crippen molar-refractivity contribution in [3.8, 4) is 0 Å². The molecule has 1 saturated heterocycles. The number of halogens is 2. The van der Waals surface area contributed by atoms with Crippen LogP contribution in [0.4, 0.5) is 10.3 Å². The number of aromatic nitrogens is 2. The Morgan fingerprint density at radius 2 is 1.69 bits per heavy atom. The molecule has 5 rings (SSSR count). The normalized spacial score (nSPS) is 17.9. The van der Waals surface area contributed by atoms with Crippen LogP contribution < -0.4 is 4.90 Å². The molecule has 1 fully saturated rings. The number of aliphatic hydroxyl groups excluding tert-OH is 1. The zero-order valence-corrected chi connectivity index (χ0v) is 17.2. The minimum absolute atomic E-state index is 0.121. The van der Waals surface area contributed by atoms with Gasteiger partial charge in [0.15, 0.2) is 0 Å². The van der Waals surface area contributed by atoms with Crippen molar-refractivity contribution >= 4 is 46.0 Å². The number of ketones is 1. The van der Waals surface area contributed by atoms with E-state index in [2.05, 4.69) is 9.97 Å². The summed E-state index contributed by atoms with van der Waals surface area (Å²) in [5.41, 5.74) is 1.94. The van der Waals surface area contributed by atoms with Gasteiger partial charge in [-0.05, 0) is 54.1 Å². The summed E-state index contributed by atoms with van der Waals surface area (Å²) >= 11 is 5.93. The summed E-state index contributed by atoms with van der Waals surface area (Å²) in [5, 5.41) is 11.5. The molecule has 0 bridgehead atoms. The largest absolute Gasteiger partial charge is 0.507 e. The average molecular weight is 448 g/mol. The molecular formula is C24H15ClFN3O3. The van der Waals surface area contributed by atoms with E-state index < -0.39 is 23.5 Å². The number of amides is 1. The molecule has 0 saturated carbocycles. The summed E-state index contributed by atoms with van der Waals surface area (Å²) in [6.07, 6.45) is 0. The maximum absolute atomic E-state index is 13.6. The molecule has 158 valence electrons. The number of fused-ring (bicyclic) bond motifs is 1. The average Bonchev–Trinajstić information content (AvgIpc) is 3.33. The number of hydrogen-bond donors (Lipinski definition) is 2. The van der Waals surface area contributed by atoms with Gasteiger partial charge in [-0.25, -0.2) is 9.37 Å². The molecule has 2 heterocycles. The van der Waals surface area contributed by atoms with E-state index in [9.17, 15) is 19.1 Å². The quantitative estimate of drug-likeness (QED) is 0.263. The number of carbonyl (C=O) groups excluding carboxylic acids is 2. The van der Waals surface area contributed by atoms with Crippen molar-refractivity contribution in [1.82, 2.24) is 9.97 Å². The first-order valence-electron chi connectivity index (χ1n) is 9.71. The number of aliphatic hydroxyl groups is 1. The lowest BCUT2D eigenvalue weighted by molar-refractivity contribution is -0.132. The number of rotatable bonds is 3. The van der Waals surface area contributed by atoms with Crippen LogP contribution in [0.2, 0.25) is 5.02 Å². The fraction of sp³-hybridized carbons (Fsp3) is 0.0417. The highest BCUT2D eigenvalue weighted by Gasteiger charge is 2.48. The van der Waals surface area contributed by atoms with E-state index in [1.165, 1.54) is 29.2 Å². The van der Waals surface area contributed by atoms with Crippen LogP contribution in [-0.4, -0.2) is 26.8 Å². The highest BCUT2D eigenvalue weighted by Crippen LogP contribution is 2.41. The number of aromatic amines is 1. The minimum atomic E-state index is -1.01. The van der Waals surface area contributed by atoms with Crippen molar-refractivity contribution in [2.45, 2.75) is 6.04 Å². The molecule has 1 aliphatic rings. The summed E-state index contributed by atoms with van der Waals surface area (Å²) in [5.74, 6) is -2.39. The number of para-hydroxylation sites is 2. The number of anilines is 1. The molecule has 0 aliphatic carbocycles. The van der Waals surface area contributed by atoms with Crippen LogP contribution in [0, 0.1) is 5.82 Å². The number of carbonyl (C=O) groups is 2. The number of nitrogens with zero attached hydrogens (tertiary/aromatic N) is 2. The van der Waals surface area contributed by atoms with Gasteiger partial charge in [-0.1, -0.05) is 35.9 Å². The molecule has 0 radical (unpaired) electrons. The first-order chi connectivity index (χ1) is 15.4. The van der Waals surface area contributed by atoms with Crippen molar-refractivity contribution in [3.05, 3.63) is 100 Å². The second-order valence-electron chi connectivity index (χ2n) is 7.31. The van der Waals surface area contributed by atoms with Crippen LogP contribution in [-0.2, 0) is 9.59 Å². The Hall–Kier alpha value is -3.97. The van der Waals surface area contributed by atoms with Crippen LogP contribution in [0.15, 0.2) is 78.4 Å². The van der Waals surface area contributed by atoms with Gasteiger partial charge < -0.3 is 10.1 Å². The van der Waals surface area contributed by atoms with Crippen LogP contribution >= 0.6 is 11.6 Å². The third-order valence-electron chi connectivity index (χ3n) is 5.35. The number of nitrogens with one attached hydrogen (secondary N) is 1. The van der Waals surface area contributed by atoms with E-state index in [-0.39, 0.29) is 17.3 Å². The van der Waals surface area contributed by atoms with Gasteiger partial charge in [-0.15, -0.1) is 0 Å². The molecule has 1 aliphatic heterocycles. The third-order valence-corrected chi connectivity index (χ3v) is 5.60. The molecule has 0 spiro atoms. The Morgan fingerprint density at radius 3 is 2.38 bits per heavy atom. The van der Waals surface area contributed by atoms with Crippen molar-refractivity contribution in [2.24, 2.45) is 0 Å². The molecule has 1 atom stereocenters. The summed E-state index contributed by atoms with van der Waals surface area (Å²) in [7, 11) is 0. The lowest BCUT2D eigenvalue weighted by Gasteiger charge is -2.23. The third kappa shape index (κ3) is 3.23. The standard InChI is InChI=1S/C24H15ClFN3O3/c25-15-9-5-14(6-10-15)21(30)19-20(13-7-11-16(26)12-8-13)29(23(32)22(19)31)24-27-17-3-1-2-4-18(17)28-24/h1-12,20,30H,(H,27,28)/b21-19+. The van der Waals surface area contributed by atoms with Crippen LogP contribution in [0.3, 0.4) is 0 Å². The summed E-state index contributed by atoms with van der Waals surface area (Å²) in [4.78, 5) is 34.9. The Bertz CT molecular complexity index is 1360. The van der Waals surface area contributed by atoms with Crippen LogP contribution in [0.5, 0.6) is 0 Å².